The van der Waals surface area contributed by atoms with Crippen molar-refractivity contribution in [2.75, 3.05) is 0 Å². The summed E-state index contributed by atoms with van der Waals surface area (Å²) in [5.74, 6) is 2.39. The number of nitrogens with zero attached hydrogens (tertiary/aromatic N) is 13. The average molecular weight is 1910 g/mol. The lowest BCUT2D eigenvalue weighted by Gasteiger charge is -2.13. The van der Waals surface area contributed by atoms with Crippen LogP contribution in [0.25, 0.3) is 269 Å². The van der Waals surface area contributed by atoms with E-state index < -0.39 is 0 Å². The van der Waals surface area contributed by atoms with Gasteiger partial charge in [0.25, 0.3) is 0 Å². The number of pyridine rings is 7. The van der Waals surface area contributed by atoms with Crippen LogP contribution in [0.3, 0.4) is 0 Å². The predicted molar refractivity (Wildman–Crippen MR) is 612 cm³/mol. The fraction of sp³-hybridized carbons (Fsp3) is 0. The summed E-state index contributed by atoms with van der Waals surface area (Å²) in [5.41, 5.74) is 31.9. The summed E-state index contributed by atoms with van der Waals surface area (Å²) >= 11 is 1.76. The largest absolute Gasteiger partial charge is 0.292 e. The number of imidazole rings is 1. The second kappa shape index (κ2) is 38.9. The van der Waals surface area contributed by atoms with Gasteiger partial charge in [-0.2, -0.15) is 0 Å². The number of para-hydroxylation sites is 4. The van der Waals surface area contributed by atoms with E-state index in [-0.39, 0.29) is 0 Å². The molecule has 0 saturated heterocycles. The van der Waals surface area contributed by atoms with Gasteiger partial charge < -0.3 is 0 Å². The molecule has 0 aliphatic carbocycles. The Balaban J connectivity index is 0.0000000999. The van der Waals surface area contributed by atoms with Crippen LogP contribution in [0.5, 0.6) is 0 Å². The number of rotatable bonds is 13. The van der Waals surface area contributed by atoms with Gasteiger partial charge in [-0.25, -0.2) is 29.9 Å². The highest BCUT2D eigenvalue weighted by Crippen LogP contribution is 2.46. The number of aromatic nitrogens is 13. The summed E-state index contributed by atoms with van der Waals surface area (Å²) in [6, 6.07) is 163. The zero-order chi connectivity index (χ0) is 98.2. The second-order valence-electron chi connectivity index (χ2n) is 36.5. The SMILES string of the molecule is c1cc(-c2cc(-c3ccncc3)nc(-c3ccncc3)c2)cc(-c2cc3cccnc3c3ccccc23)c1.c1ccc(-c2nc(-c3cccc(-c4cc5cccnc5c5ccccc45)c3)nc3c2sc2ccccc23)cc1.c1ccc(-c2nc(-c3cccc(-c4cc5cccnc5c5ccccc45)c3)nc3ccccc23)cc1.c1ccc(-n2c(-c3cccc(-c4cc5cccnc5c5ccccc45)c3)nc3ccccc32)cc1. The van der Waals surface area contributed by atoms with Crippen molar-refractivity contribution in [2.24, 2.45) is 0 Å². The molecular formula is C134H85N13S. The molecule has 0 aliphatic heterocycles. The molecule has 0 unspecified atom stereocenters. The smallest absolute Gasteiger partial charge is 0.160 e. The van der Waals surface area contributed by atoms with Crippen molar-refractivity contribution in [2.45, 2.75) is 0 Å². The monoisotopic (exact) mass is 1910 g/mol. The highest BCUT2D eigenvalue weighted by Gasteiger charge is 2.24. The molecule has 11 heterocycles. The second-order valence-corrected chi connectivity index (χ2v) is 37.6. The van der Waals surface area contributed by atoms with Crippen molar-refractivity contribution in [3.05, 3.63) is 517 Å². The lowest BCUT2D eigenvalue weighted by molar-refractivity contribution is 1.10. The van der Waals surface area contributed by atoms with Gasteiger partial charge >= 0.3 is 0 Å². The van der Waals surface area contributed by atoms with E-state index in [0.717, 1.165) is 210 Å². The van der Waals surface area contributed by atoms with Crippen molar-refractivity contribution in [3.63, 3.8) is 0 Å². The van der Waals surface area contributed by atoms with E-state index in [1.807, 2.05) is 122 Å². The molecule has 0 saturated carbocycles. The van der Waals surface area contributed by atoms with Crippen molar-refractivity contribution in [1.29, 1.82) is 0 Å². The maximum absolute atomic E-state index is 5.17. The lowest BCUT2D eigenvalue weighted by Crippen LogP contribution is -1.97. The van der Waals surface area contributed by atoms with E-state index >= 15 is 0 Å². The third-order valence-electron chi connectivity index (χ3n) is 27.5. The van der Waals surface area contributed by atoms with Crippen LogP contribution in [-0.2, 0) is 0 Å². The standard InChI is InChI=1S/C35H21N3S.C34H22N4.C33H21N3.C32H21N3/c1-2-10-22(11-3-1)32-34-33(28-17-6-7-18-30(28)39-34)38-35(37-32)25-13-8-12-23(20-25)29-21-24-14-9-19-36-31(24)27-16-5-4-15-26(27)29;1-2-9-30-29(8-1)31(20-27-7-4-14-37-34(27)30)26-6-3-5-25(19-26)28-21-32(23-10-15-35-16-11-23)38-33(22-28)24-12-17-36-18-13-24;1-2-10-22(11-3-1)32-28-17-6-7-18-30(28)35-33(36-32)25-13-8-12-23(20-25)29-21-24-14-9-19-34-31(24)27-16-5-4-15-26(27)29;1-2-13-25(14-3-1)35-30-18-7-6-17-29(30)34-32(35)24-11-8-10-22(20-24)28-21-23-12-9-19-33-31(23)27-16-5-4-15-26(27)28/h1-21H;1-22H;1-21H;1-21H. The van der Waals surface area contributed by atoms with Crippen LogP contribution in [-0.4, -0.2) is 64.4 Å². The first-order valence-corrected chi connectivity index (χ1v) is 50.1. The number of fused-ring (bicyclic) bond motifs is 17. The van der Waals surface area contributed by atoms with Crippen LogP contribution < -0.4 is 0 Å². The van der Waals surface area contributed by atoms with E-state index in [4.69, 9.17) is 29.9 Å². The molecule has 0 aliphatic rings. The summed E-state index contributed by atoms with van der Waals surface area (Å²) < 4.78 is 4.59. The fourth-order valence-corrected chi connectivity index (χ4v) is 21.8. The maximum atomic E-state index is 5.17. The lowest BCUT2D eigenvalue weighted by atomic mass is 9.93. The third-order valence-corrected chi connectivity index (χ3v) is 28.7. The van der Waals surface area contributed by atoms with Crippen LogP contribution in [0.1, 0.15) is 0 Å². The van der Waals surface area contributed by atoms with Crippen LogP contribution >= 0.6 is 11.3 Å². The molecule has 29 aromatic rings. The molecule has 11 aromatic heterocycles. The minimum atomic E-state index is 0.723. The van der Waals surface area contributed by atoms with Crippen molar-refractivity contribution in [3.8, 4) is 141 Å². The van der Waals surface area contributed by atoms with Gasteiger partial charge in [0.1, 0.15) is 5.82 Å². The maximum Gasteiger partial charge on any atom is 0.160 e. The highest BCUT2D eigenvalue weighted by atomic mass is 32.1. The summed E-state index contributed by atoms with van der Waals surface area (Å²) in [6.07, 6.45) is 14.7. The molecule has 148 heavy (non-hydrogen) atoms. The number of thiophene rings is 1. The molecule has 29 rings (SSSR count). The van der Waals surface area contributed by atoms with E-state index in [0.29, 0.717) is 0 Å². The van der Waals surface area contributed by atoms with Crippen LogP contribution in [0.4, 0.5) is 0 Å². The van der Waals surface area contributed by atoms with Crippen LogP contribution in [0.2, 0.25) is 0 Å². The van der Waals surface area contributed by atoms with Crippen LogP contribution in [0, 0.1) is 0 Å². The Morgan fingerprint density at radius 3 is 1.01 bits per heavy atom. The van der Waals surface area contributed by atoms with Crippen molar-refractivity contribution >= 4 is 140 Å². The predicted octanol–water partition coefficient (Wildman–Crippen LogP) is 34.2. The molecule has 18 aromatic carbocycles. The quantitative estimate of drug-likeness (QED) is 0.101. The topological polar surface area (TPSA) is 160 Å². The Hall–Kier alpha value is -19.8. The Morgan fingerprint density at radius 1 is 0.189 bits per heavy atom. The van der Waals surface area contributed by atoms with Crippen molar-refractivity contribution < 1.29 is 0 Å². The number of hydrogen-bond acceptors (Lipinski definition) is 13. The summed E-state index contributed by atoms with van der Waals surface area (Å²) in [5, 5.41) is 16.2. The van der Waals surface area contributed by atoms with Gasteiger partial charge in [-0.05, 0) is 223 Å². The number of hydrogen-bond donors (Lipinski definition) is 0. The minimum absolute atomic E-state index is 0.723. The van der Waals surface area contributed by atoms with E-state index in [1.54, 1.807) is 36.1 Å². The first-order valence-electron chi connectivity index (χ1n) is 49.3. The van der Waals surface area contributed by atoms with Gasteiger partial charge in [0, 0.05) is 153 Å². The molecule has 0 radical (unpaired) electrons. The molecule has 0 spiro atoms. The van der Waals surface area contributed by atoms with Gasteiger partial charge in [0.05, 0.1) is 71.6 Å². The molecule has 0 N–H and O–H groups in total. The van der Waals surface area contributed by atoms with E-state index in [1.165, 1.54) is 59.3 Å². The zero-order valence-corrected chi connectivity index (χ0v) is 80.6. The Labute approximate surface area is 855 Å². The molecule has 0 atom stereocenters. The molecule has 0 amide bonds. The Morgan fingerprint density at radius 2 is 0.541 bits per heavy atom. The van der Waals surface area contributed by atoms with Gasteiger partial charge in [-0.3, -0.25) is 34.5 Å². The third kappa shape index (κ3) is 17.0. The summed E-state index contributed by atoms with van der Waals surface area (Å²) in [6.45, 7) is 0. The Kier molecular flexibility index (Phi) is 23.2. The Bertz CT molecular complexity index is 10100. The van der Waals surface area contributed by atoms with Gasteiger partial charge in [0.15, 0.2) is 11.6 Å². The minimum Gasteiger partial charge on any atom is -0.292 e. The molecule has 13 nitrogen and oxygen atoms in total. The normalized spacial score (nSPS) is 11.4. The molecule has 14 heteroatoms. The van der Waals surface area contributed by atoms with Crippen molar-refractivity contribution in [1.82, 2.24) is 64.4 Å². The highest BCUT2D eigenvalue weighted by molar-refractivity contribution is 7.26. The van der Waals surface area contributed by atoms with Gasteiger partial charge in [-0.1, -0.05) is 322 Å². The number of benzene rings is 18. The zero-order valence-electron chi connectivity index (χ0n) is 79.8. The molecule has 692 valence electrons. The molecule has 0 bridgehead atoms. The molecular weight excluding hydrogens is 1820 g/mol. The van der Waals surface area contributed by atoms with E-state index in [9.17, 15) is 0 Å². The fourth-order valence-electron chi connectivity index (χ4n) is 20.6. The first-order chi connectivity index (χ1) is 73.4. The average Bonchev–Trinajstić information content (AvgIpc) is 1.59. The summed E-state index contributed by atoms with van der Waals surface area (Å²) in [7, 11) is 0. The molecule has 0 fully saturated rings. The van der Waals surface area contributed by atoms with Crippen LogP contribution in [0.15, 0.2) is 517 Å². The van der Waals surface area contributed by atoms with Gasteiger partial charge in [-0.15, -0.1) is 11.3 Å². The van der Waals surface area contributed by atoms with E-state index in [2.05, 4.69) is 405 Å². The first kappa shape index (κ1) is 88.4. The summed E-state index contributed by atoms with van der Waals surface area (Å²) in [4.78, 5) is 57.4. The van der Waals surface area contributed by atoms with Gasteiger partial charge in [0.2, 0.25) is 0 Å².